The molecular formula is C24H21N3O4. The van der Waals surface area contributed by atoms with Gasteiger partial charge in [-0.05, 0) is 36.8 Å². The quantitative estimate of drug-likeness (QED) is 0.466. The Morgan fingerprint density at radius 1 is 1.10 bits per heavy atom. The van der Waals surface area contributed by atoms with Crippen LogP contribution in [0, 0.1) is 0 Å². The molecule has 31 heavy (non-hydrogen) atoms. The summed E-state index contributed by atoms with van der Waals surface area (Å²) in [5.41, 5.74) is 2.37. The van der Waals surface area contributed by atoms with Crippen molar-refractivity contribution in [2.45, 2.75) is 20.0 Å². The number of amides is 1. The van der Waals surface area contributed by atoms with Crippen molar-refractivity contribution in [2.24, 2.45) is 0 Å². The Hall–Kier alpha value is -4.13. The lowest BCUT2D eigenvalue weighted by Crippen LogP contribution is -2.14. The largest absolute Gasteiger partial charge is 0.489 e. The summed E-state index contributed by atoms with van der Waals surface area (Å²) in [6.07, 6.45) is 2.11. The fourth-order valence-electron chi connectivity index (χ4n) is 3.08. The zero-order valence-electron chi connectivity index (χ0n) is 16.9. The molecule has 7 heteroatoms. The van der Waals surface area contributed by atoms with Crippen LogP contribution in [0.1, 0.15) is 28.7 Å². The summed E-state index contributed by atoms with van der Waals surface area (Å²) in [5, 5.41) is 2.83. The number of para-hydroxylation sites is 1. The Labute approximate surface area is 178 Å². The summed E-state index contributed by atoms with van der Waals surface area (Å²) in [5.74, 6) is 0.951. The van der Waals surface area contributed by atoms with Crippen LogP contribution in [0.25, 0.3) is 11.4 Å². The predicted octanol–water partition coefficient (Wildman–Crippen LogP) is 4.42. The summed E-state index contributed by atoms with van der Waals surface area (Å²) in [4.78, 5) is 31.8. The first-order valence-corrected chi connectivity index (χ1v) is 9.88. The average Bonchev–Trinajstić information content (AvgIpc) is 3.27. The van der Waals surface area contributed by atoms with Crippen LogP contribution in [0.15, 0.2) is 82.2 Å². The van der Waals surface area contributed by atoms with Crippen LogP contribution in [0.5, 0.6) is 5.75 Å². The van der Waals surface area contributed by atoms with Crippen molar-refractivity contribution in [3.63, 3.8) is 0 Å². The summed E-state index contributed by atoms with van der Waals surface area (Å²) in [7, 11) is 0. The lowest BCUT2D eigenvalue weighted by Gasteiger charge is -2.09. The average molecular weight is 415 g/mol. The second-order valence-electron chi connectivity index (χ2n) is 6.85. The van der Waals surface area contributed by atoms with E-state index in [0.717, 1.165) is 0 Å². The third kappa shape index (κ3) is 4.90. The van der Waals surface area contributed by atoms with Gasteiger partial charge in [-0.15, -0.1) is 0 Å². The molecule has 0 spiro atoms. The van der Waals surface area contributed by atoms with Crippen LogP contribution in [-0.4, -0.2) is 15.9 Å². The molecule has 0 fully saturated rings. The first kappa shape index (κ1) is 20.2. The Morgan fingerprint density at radius 3 is 2.74 bits per heavy atom. The highest BCUT2D eigenvalue weighted by Crippen LogP contribution is 2.21. The molecule has 1 amide bonds. The van der Waals surface area contributed by atoms with Gasteiger partial charge in [-0.2, -0.15) is 0 Å². The fraction of sp³-hybridized carbons (Fsp3) is 0.125. The Bertz CT molecular complexity index is 1240. The third-order valence-corrected chi connectivity index (χ3v) is 4.64. The number of nitrogens with zero attached hydrogens (tertiary/aromatic N) is 1. The maximum Gasteiger partial charge on any atom is 0.291 e. The van der Waals surface area contributed by atoms with Gasteiger partial charge in [0.25, 0.3) is 11.5 Å². The van der Waals surface area contributed by atoms with Gasteiger partial charge in [-0.3, -0.25) is 9.59 Å². The van der Waals surface area contributed by atoms with Crippen molar-refractivity contribution in [1.82, 2.24) is 9.97 Å². The molecule has 156 valence electrons. The molecule has 2 aromatic carbocycles. The number of carbonyl (C=O) groups is 1. The van der Waals surface area contributed by atoms with E-state index in [1.807, 2.05) is 43.3 Å². The van der Waals surface area contributed by atoms with E-state index in [-0.39, 0.29) is 17.9 Å². The Morgan fingerprint density at radius 2 is 1.94 bits per heavy atom. The molecule has 0 aliphatic carbocycles. The maximum absolute atomic E-state index is 12.8. The summed E-state index contributed by atoms with van der Waals surface area (Å²) in [6, 6.07) is 19.6. The number of benzene rings is 2. The third-order valence-electron chi connectivity index (χ3n) is 4.64. The Kier molecular flexibility index (Phi) is 5.93. The molecule has 0 radical (unpaired) electrons. The van der Waals surface area contributed by atoms with Crippen LogP contribution < -0.4 is 15.6 Å². The molecule has 2 heterocycles. The highest BCUT2D eigenvalue weighted by Gasteiger charge is 2.17. The number of nitrogens with one attached hydrogen (secondary N) is 2. The number of aryl methyl sites for hydroxylation is 1. The molecule has 4 rings (SSSR count). The number of aromatic nitrogens is 2. The minimum atomic E-state index is -0.391. The van der Waals surface area contributed by atoms with Gasteiger partial charge in [0.2, 0.25) is 0 Å². The molecule has 0 saturated heterocycles. The normalized spacial score (nSPS) is 10.6. The molecule has 2 aromatic heterocycles. The number of carbonyl (C=O) groups excluding carboxylic acids is 1. The lowest BCUT2D eigenvalue weighted by molar-refractivity contribution is 0.0993. The smallest absolute Gasteiger partial charge is 0.291 e. The SMILES string of the molecule is CCc1cc(=O)[nH]c(-c2cccc(NC(=O)c3occc3COc3ccccc3)c2)n1. The molecule has 0 bridgehead atoms. The topological polar surface area (TPSA) is 97.2 Å². The lowest BCUT2D eigenvalue weighted by atomic mass is 10.1. The number of anilines is 1. The standard InChI is InChI=1S/C24H21N3O4/c1-2-18-14-21(28)27-23(25-18)16-7-6-8-19(13-16)26-24(29)22-17(11-12-30-22)15-31-20-9-4-3-5-10-20/h3-14H,2,15H2,1H3,(H,26,29)(H,25,27,28). The number of hydrogen-bond acceptors (Lipinski definition) is 5. The van der Waals surface area contributed by atoms with Crippen molar-refractivity contribution in [3.8, 4) is 17.1 Å². The van der Waals surface area contributed by atoms with Crippen molar-refractivity contribution in [1.29, 1.82) is 0 Å². The molecule has 4 aromatic rings. The maximum atomic E-state index is 12.8. The number of ether oxygens (including phenoxy) is 1. The molecule has 0 saturated carbocycles. The van der Waals surface area contributed by atoms with Crippen molar-refractivity contribution >= 4 is 11.6 Å². The molecule has 0 aliphatic rings. The van der Waals surface area contributed by atoms with Gasteiger partial charge in [-0.1, -0.05) is 37.3 Å². The number of aromatic amines is 1. The molecule has 7 nitrogen and oxygen atoms in total. The Balaban J connectivity index is 1.50. The number of rotatable bonds is 7. The van der Waals surface area contributed by atoms with E-state index in [9.17, 15) is 9.59 Å². The van der Waals surface area contributed by atoms with E-state index < -0.39 is 5.91 Å². The summed E-state index contributed by atoms with van der Waals surface area (Å²) < 4.78 is 11.1. The van der Waals surface area contributed by atoms with Gasteiger partial charge >= 0.3 is 0 Å². The van der Waals surface area contributed by atoms with Gasteiger partial charge in [0.1, 0.15) is 18.2 Å². The van der Waals surface area contributed by atoms with Gasteiger partial charge < -0.3 is 19.5 Å². The van der Waals surface area contributed by atoms with Crippen molar-refractivity contribution in [3.05, 3.63) is 100 Å². The second-order valence-corrected chi connectivity index (χ2v) is 6.85. The zero-order valence-corrected chi connectivity index (χ0v) is 16.9. The van der Waals surface area contributed by atoms with Crippen LogP contribution in [-0.2, 0) is 13.0 Å². The fourth-order valence-corrected chi connectivity index (χ4v) is 3.08. The zero-order chi connectivity index (χ0) is 21.6. The first-order chi connectivity index (χ1) is 15.1. The first-order valence-electron chi connectivity index (χ1n) is 9.88. The van der Waals surface area contributed by atoms with Crippen LogP contribution in [0.4, 0.5) is 5.69 Å². The predicted molar refractivity (Wildman–Crippen MR) is 117 cm³/mol. The monoisotopic (exact) mass is 415 g/mol. The highest BCUT2D eigenvalue weighted by molar-refractivity contribution is 6.03. The van der Waals surface area contributed by atoms with E-state index in [1.165, 1.54) is 12.3 Å². The minimum absolute atomic E-state index is 0.181. The van der Waals surface area contributed by atoms with E-state index in [1.54, 1.807) is 24.3 Å². The van der Waals surface area contributed by atoms with Crippen LogP contribution in [0.3, 0.4) is 0 Å². The number of hydrogen-bond donors (Lipinski definition) is 2. The number of furan rings is 1. The molecule has 0 atom stereocenters. The van der Waals surface area contributed by atoms with Crippen LogP contribution in [0.2, 0.25) is 0 Å². The molecule has 0 unspecified atom stereocenters. The van der Waals surface area contributed by atoms with E-state index >= 15 is 0 Å². The van der Waals surface area contributed by atoms with Gasteiger partial charge in [0.05, 0.1) is 6.26 Å². The van der Waals surface area contributed by atoms with E-state index in [4.69, 9.17) is 9.15 Å². The van der Waals surface area contributed by atoms with Crippen molar-refractivity contribution in [2.75, 3.05) is 5.32 Å². The van der Waals surface area contributed by atoms with E-state index in [2.05, 4.69) is 15.3 Å². The highest BCUT2D eigenvalue weighted by atomic mass is 16.5. The molecular weight excluding hydrogens is 394 g/mol. The van der Waals surface area contributed by atoms with Gasteiger partial charge in [0.15, 0.2) is 5.76 Å². The second kappa shape index (κ2) is 9.13. The summed E-state index contributed by atoms with van der Waals surface area (Å²) >= 11 is 0. The van der Waals surface area contributed by atoms with E-state index in [0.29, 0.717) is 40.5 Å². The van der Waals surface area contributed by atoms with Crippen molar-refractivity contribution < 1.29 is 13.9 Å². The van der Waals surface area contributed by atoms with Gasteiger partial charge in [-0.25, -0.2) is 4.98 Å². The molecule has 2 N–H and O–H groups in total. The minimum Gasteiger partial charge on any atom is -0.489 e. The molecule has 0 aliphatic heterocycles. The number of H-pyrrole nitrogens is 1. The summed E-state index contributed by atoms with van der Waals surface area (Å²) in [6.45, 7) is 2.14. The van der Waals surface area contributed by atoms with Crippen LogP contribution >= 0.6 is 0 Å². The van der Waals surface area contributed by atoms with Gasteiger partial charge in [0, 0.05) is 28.6 Å².